The predicted octanol–water partition coefficient (Wildman–Crippen LogP) is 21.0. The lowest BCUT2D eigenvalue weighted by atomic mass is 10.0. The van der Waals surface area contributed by atoms with Crippen molar-refractivity contribution in [1.82, 2.24) is 0 Å². The standard InChI is InChI=1S/C65H126NO8P/c1-3-5-7-9-11-13-15-17-18-19-20-21-22-23-24-25-26-27-28-29-30-31-32-33-34-35-36-37-38-39-40-41-42-43-44-46-48-50-52-54-56-58-65(68)74-63(62-73-75(69,70)72-60-59-66)61-71-64(67)57-55-53-51-49-47-45-16-14-12-10-8-6-4-2/h15,17,19-20,63H,3-14,16,18,21-62,66H2,1-2H3,(H,69,70)/b17-15-,20-19-. The van der Waals surface area contributed by atoms with E-state index in [1.807, 2.05) is 0 Å². The summed E-state index contributed by atoms with van der Waals surface area (Å²) in [6.45, 7) is 3.78. The topological polar surface area (TPSA) is 134 Å². The summed E-state index contributed by atoms with van der Waals surface area (Å²) in [5, 5.41) is 0. The Kier molecular flexibility index (Phi) is 60.5. The van der Waals surface area contributed by atoms with Crippen LogP contribution in [0.4, 0.5) is 0 Å². The first-order valence-electron chi connectivity index (χ1n) is 32.8. The monoisotopic (exact) mass is 1080 g/mol. The smallest absolute Gasteiger partial charge is 0.462 e. The van der Waals surface area contributed by atoms with E-state index in [2.05, 4.69) is 38.2 Å². The van der Waals surface area contributed by atoms with E-state index in [4.69, 9.17) is 24.3 Å². The Morgan fingerprint density at radius 3 is 1.01 bits per heavy atom. The third kappa shape index (κ3) is 61.6. The number of rotatable bonds is 63. The van der Waals surface area contributed by atoms with Gasteiger partial charge in [0.25, 0.3) is 0 Å². The second-order valence-corrected chi connectivity index (χ2v) is 23.8. The van der Waals surface area contributed by atoms with Crippen LogP contribution in [0.5, 0.6) is 0 Å². The Morgan fingerprint density at radius 1 is 0.400 bits per heavy atom. The third-order valence-electron chi connectivity index (χ3n) is 14.8. The maximum absolute atomic E-state index is 12.7. The van der Waals surface area contributed by atoms with Crippen molar-refractivity contribution >= 4 is 19.8 Å². The molecule has 0 heterocycles. The zero-order valence-corrected chi connectivity index (χ0v) is 50.7. The molecule has 75 heavy (non-hydrogen) atoms. The Hall–Kier alpha value is -1.51. The minimum Gasteiger partial charge on any atom is -0.462 e. The van der Waals surface area contributed by atoms with Gasteiger partial charge in [-0.15, -0.1) is 0 Å². The number of carbonyl (C=O) groups excluding carboxylic acids is 2. The molecular formula is C65H126NO8P. The fourth-order valence-corrected chi connectivity index (χ4v) is 10.7. The normalized spacial score (nSPS) is 13.1. The highest BCUT2D eigenvalue weighted by molar-refractivity contribution is 7.47. The van der Waals surface area contributed by atoms with Crippen molar-refractivity contribution in [3.8, 4) is 0 Å². The summed E-state index contributed by atoms with van der Waals surface area (Å²) in [6.07, 6.45) is 74.4. The number of ether oxygens (including phenoxy) is 2. The van der Waals surface area contributed by atoms with Crippen LogP contribution in [-0.2, 0) is 32.7 Å². The van der Waals surface area contributed by atoms with Crippen molar-refractivity contribution in [3.05, 3.63) is 24.3 Å². The minimum atomic E-state index is -4.38. The summed E-state index contributed by atoms with van der Waals surface area (Å²) in [7, 11) is -4.38. The van der Waals surface area contributed by atoms with E-state index < -0.39 is 26.5 Å². The van der Waals surface area contributed by atoms with Gasteiger partial charge in [0.05, 0.1) is 13.2 Å². The molecule has 0 bridgehead atoms. The highest BCUT2D eigenvalue weighted by Gasteiger charge is 2.26. The molecular weight excluding hydrogens is 954 g/mol. The molecule has 0 saturated carbocycles. The molecule has 0 aromatic heterocycles. The first-order valence-corrected chi connectivity index (χ1v) is 34.3. The van der Waals surface area contributed by atoms with E-state index in [-0.39, 0.29) is 38.6 Å². The quantitative estimate of drug-likeness (QED) is 0.0264. The van der Waals surface area contributed by atoms with Gasteiger partial charge in [-0.25, -0.2) is 4.57 Å². The molecule has 0 rings (SSSR count). The molecule has 0 aliphatic heterocycles. The molecule has 0 fully saturated rings. The zero-order chi connectivity index (χ0) is 54.5. The van der Waals surface area contributed by atoms with E-state index >= 15 is 0 Å². The first kappa shape index (κ1) is 73.5. The van der Waals surface area contributed by atoms with E-state index in [0.717, 1.165) is 38.5 Å². The van der Waals surface area contributed by atoms with Crippen molar-refractivity contribution in [2.75, 3.05) is 26.4 Å². The van der Waals surface area contributed by atoms with Gasteiger partial charge in [0.1, 0.15) is 6.61 Å². The van der Waals surface area contributed by atoms with Crippen LogP contribution in [-0.4, -0.2) is 49.3 Å². The molecule has 0 aromatic carbocycles. The molecule has 10 heteroatoms. The summed E-state index contributed by atoms with van der Waals surface area (Å²) in [4.78, 5) is 35.1. The number of carbonyl (C=O) groups is 2. The van der Waals surface area contributed by atoms with Crippen LogP contribution in [0.15, 0.2) is 24.3 Å². The number of allylic oxidation sites excluding steroid dienone is 4. The highest BCUT2D eigenvalue weighted by Crippen LogP contribution is 2.43. The molecule has 0 spiro atoms. The van der Waals surface area contributed by atoms with E-state index in [9.17, 15) is 19.0 Å². The number of hydrogen-bond donors (Lipinski definition) is 2. The van der Waals surface area contributed by atoms with Crippen molar-refractivity contribution in [2.45, 2.75) is 354 Å². The predicted molar refractivity (Wildman–Crippen MR) is 321 cm³/mol. The van der Waals surface area contributed by atoms with Crippen LogP contribution in [0.25, 0.3) is 0 Å². The second-order valence-electron chi connectivity index (χ2n) is 22.3. The van der Waals surface area contributed by atoms with Crippen molar-refractivity contribution in [1.29, 1.82) is 0 Å². The van der Waals surface area contributed by atoms with Gasteiger partial charge in [0, 0.05) is 19.4 Å². The van der Waals surface area contributed by atoms with E-state index in [0.29, 0.717) is 6.42 Å². The number of nitrogens with two attached hydrogens (primary N) is 1. The number of hydrogen-bond acceptors (Lipinski definition) is 8. The summed E-state index contributed by atoms with van der Waals surface area (Å²) in [5.74, 6) is -0.807. The molecule has 0 saturated heterocycles. The summed E-state index contributed by atoms with van der Waals surface area (Å²) < 4.78 is 33.0. The summed E-state index contributed by atoms with van der Waals surface area (Å²) >= 11 is 0. The molecule has 2 unspecified atom stereocenters. The van der Waals surface area contributed by atoms with Gasteiger partial charge in [-0.3, -0.25) is 18.6 Å². The Bertz CT molecular complexity index is 1280. The largest absolute Gasteiger partial charge is 0.472 e. The number of phosphoric acid groups is 1. The maximum atomic E-state index is 12.7. The van der Waals surface area contributed by atoms with Crippen LogP contribution in [0.2, 0.25) is 0 Å². The Balaban J connectivity index is 3.68. The minimum absolute atomic E-state index is 0.0574. The van der Waals surface area contributed by atoms with Crippen molar-refractivity contribution in [3.63, 3.8) is 0 Å². The molecule has 0 aliphatic rings. The van der Waals surface area contributed by atoms with Crippen LogP contribution in [0.1, 0.15) is 348 Å². The van der Waals surface area contributed by atoms with Gasteiger partial charge in [0.2, 0.25) is 0 Å². The highest BCUT2D eigenvalue weighted by atomic mass is 31.2. The number of esters is 2. The summed E-state index contributed by atoms with van der Waals surface area (Å²) in [6, 6.07) is 0. The SMILES string of the molecule is CCCCCCC/C=C\C/C=C\CCCCCCCCCCCCCCCCCCCCCCCCCCCCCCCC(=O)OC(COC(=O)CCCCCCCCCCCCCCC)COP(=O)(O)OCCN. The van der Waals surface area contributed by atoms with Gasteiger partial charge in [0.15, 0.2) is 6.10 Å². The molecule has 0 amide bonds. The van der Waals surface area contributed by atoms with Crippen molar-refractivity contribution in [2.24, 2.45) is 5.73 Å². The van der Waals surface area contributed by atoms with Gasteiger partial charge < -0.3 is 20.1 Å². The fourth-order valence-electron chi connectivity index (χ4n) is 9.97. The molecule has 0 aromatic rings. The van der Waals surface area contributed by atoms with Gasteiger partial charge >= 0.3 is 19.8 Å². The molecule has 2 atom stereocenters. The van der Waals surface area contributed by atoms with Gasteiger partial charge in [-0.1, -0.05) is 314 Å². The first-order chi connectivity index (χ1) is 36.8. The van der Waals surface area contributed by atoms with E-state index in [1.165, 1.54) is 276 Å². The van der Waals surface area contributed by atoms with Crippen molar-refractivity contribution < 1.29 is 37.6 Å². The maximum Gasteiger partial charge on any atom is 0.472 e. The molecule has 444 valence electrons. The number of unbranched alkanes of at least 4 members (excludes halogenated alkanes) is 46. The molecule has 3 N–H and O–H groups in total. The van der Waals surface area contributed by atoms with Crippen LogP contribution >= 0.6 is 7.82 Å². The second kappa shape index (κ2) is 61.7. The Labute approximate surface area is 465 Å². The van der Waals surface area contributed by atoms with Crippen LogP contribution in [0, 0.1) is 0 Å². The average molecular weight is 1080 g/mol. The summed E-state index contributed by atoms with van der Waals surface area (Å²) in [5.41, 5.74) is 5.38. The lowest BCUT2D eigenvalue weighted by Crippen LogP contribution is -2.29. The molecule has 0 aliphatic carbocycles. The third-order valence-corrected chi connectivity index (χ3v) is 15.8. The zero-order valence-electron chi connectivity index (χ0n) is 49.8. The molecule has 9 nitrogen and oxygen atoms in total. The average Bonchev–Trinajstić information content (AvgIpc) is 3.40. The van der Waals surface area contributed by atoms with Crippen LogP contribution in [0.3, 0.4) is 0 Å². The van der Waals surface area contributed by atoms with Gasteiger partial charge in [-0.2, -0.15) is 0 Å². The lowest BCUT2D eigenvalue weighted by molar-refractivity contribution is -0.161. The van der Waals surface area contributed by atoms with Gasteiger partial charge in [-0.05, 0) is 44.9 Å². The molecule has 0 radical (unpaired) electrons. The lowest BCUT2D eigenvalue weighted by Gasteiger charge is -2.19. The van der Waals surface area contributed by atoms with E-state index in [1.54, 1.807) is 0 Å². The fraction of sp³-hybridized carbons (Fsp3) is 0.908. The van der Waals surface area contributed by atoms with Crippen LogP contribution < -0.4 is 5.73 Å². The Morgan fingerprint density at radius 2 is 0.693 bits per heavy atom. The number of phosphoric ester groups is 1.